The Bertz CT molecular complexity index is 667. The Balaban J connectivity index is 2.18. The second-order valence-electron chi connectivity index (χ2n) is 4.02. The van der Waals surface area contributed by atoms with Gasteiger partial charge < -0.3 is 5.32 Å². The van der Waals surface area contributed by atoms with E-state index in [-0.39, 0.29) is 23.1 Å². The summed E-state index contributed by atoms with van der Waals surface area (Å²) >= 11 is 8.79. The van der Waals surface area contributed by atoms with Crippen LogP contribution in [0.25, 0.3) is 0 Å². The van der Waals surface area contributed by atoms with Gasteiger partial charge in [0, 0.05) is 17.6 Å². The number of rotatable bonds is 4. The van der Waals surface area contributed by atoms with Crippen LogP contribution in [-0.4, -0.2) is 4.92 Å². The molecule has 1 N–H and O–H groups in total. The van der Waals surface area contributed by atoms with Gasteiger partial charge in [0.1, 0.15) is 11.5 Å². The van der Waals surface area contributed by atoms with Crippen molar-refractivity contribution in [3.05, 3.63) is 67.4 Å². The van der Waals surface area contributed by atoms with Crippen LogP contribution in [0.4, 0.5) is 15.8 Å². The van der Waals surface area contributed by atoms with Crippen molar-refractivity contribution >= 4 is 38.9 Å². The SMILES string of the molecule is O=[N+]([O-])c1cc(Cl)ccc1NCc1ccc(Br)c(F)c1. The van der Waals surface area contributed by atoms with Crippen molar-refractivity contribution in [1.29, 1.82) is 0 Å². The summed E-state index contributed by atoms with van der Waals surface area (Å²) in [5.41, 5.74) is 0.896. The van der Waals surface area contributed by atoms with Crippen molar-refractivity contribution in [3.63, 3.8) is 0 Å². The van der Waals surface area contributed by atoms with Crippen LogP contribution in [-0.2, 0) is 6.54 Å². The highest BCUT2D eigenvalue weighted by Crippen LogP contribution is 2.28. The minimum Gasteiger partial charge on any atom is -0.375 e. The zero-order valence-electron chi connectivity index (χ0n) is 10.1. The third-order valence-electron chi connectivity index (χ3n) is 2.62. The molecule has 2 aromatic carbocycles. The summed E-state index contributed by atoms with van der Waals surface area (Å²) in [4.78, 5) is 10.4. The maximum Gasteiger partial charge on any atom is 0.293 e. The summed E-state index contributed by atoms with van der Waals surface area (Å²) in [5.74, 6) is -0.380. The molecule has 0 spiro atoms. The largest absolute Gasteiger partial charge is 0.375 e. The van der Waals surface area contributed by atoms with E-state index in [0.717, 1.165) is 0 Å². The van der Waals surface area contributed by atoms with Crippen molar-refractivity contribution in [2.45, 2.75) is 6.54 Å². The molecule has 2 aromatic rings. The van der Waals surface area contributed by atoms with Crippen LogP contribution in [0.2, 0.25) is 5.02 Å². The molecule has 0 amide bonds. The van der Waals surface area contributed by atoms with Crippen molar-refractivity contribution in [1.82, 2.24) is 0 Å². The number of hydrogen-bond donors (Lipinski definition) is 1. The highest BCUT2D eigenvalue weighted by Gasteiger charge is 2.14. The van der Waals surface area contributed by atoms with E-state index in [2.05, 4.69) is 21.2 Å². The number of nitrogens with one attached hydrogen (secondary N) is 1. The second kappa shape index (κ2) is 6.19. The van der Waals surface area contributed by atoms with E-state index in [9.17, 15) is 14.5 Å². The van der Waals surface area contributed by atoms with Gasteiger partial charge in [-0.05, 0) is 45.8 Å². The van der Waals surface area contributed by atoms with Gasteiger partial charge in [0.15, 0.2) is 0 Å². The van der Waals surface area contributed by atoms with E-state index in [1.54, 1.807) is 18.2 Å². The van der Waals surface area contributed by atoms with Crippen LogP contribution in [0.1, 0.15) is 5.56 Å². The first-order valence-electron chi connectivity index (χ1n) is 5.59. The Kier molecular flexibility index (Phi) is 4.57. The van der Waals surface area contributed by atoms with Gasteiger partial charge >= 0.3 is 0 Å². The van der Waals surface area contributed by atoms with Gasteiger partial charge in [-0.3, -0.25) is 10.1 Å². The molecule has 4 nitrogen and oxygen atoms in total. The van der Waals surface area contributed by atoms with Gasteiger partial charge in [0.2, 0.25) is 0 Å². The van der Waals surface area contributed by atoms with Gasteiger partial charge in [0.25, 0.3) is 5.69 Å². The predicted molar refractivity (Wildman–Crippen MR) is 79.5 cm³/mol. The van der Waals surface area contributed by atoms with Crippen molar-refractivity contribution in [3.8, 4) is 0 Å². The molecule has 0 radical (unpaired) electrons. The number of nitro benzene ring substituents is 1. The Morgan fingerprint density at radius 3 is 2.70 bits per heavy atom. The van der Waals surface area contributed by atoms with Crippen molar-refractivity contribution in [2.75, 3.05) is 5.32 Å². The van der Waals surface area contributed by atoms with Crippen LogP contribution >= 0.6 is 27.5 Å². The fourth-order valence-corrected chi connectivity index (χ4v) is 2.07. The minimum absolute atomic E-state index is 0.116. The van der Waals surface area contributed by atoms with Crippen molar-refractivity contribution < 1.29 is 9.31 Å². The number of anilines is 1. The number of halogens is 3. The van der Waals surface area contributed by atoms with Crippen molar-refractivity contribution in [2.24, 2.45) is 0 Å². The Hall–Kier alpha value is -1.66. The smallest absolute Gasteiger partial charge is 0.293 e. The molecule has 0 unspecified atom stereocenters. The minimum atomic E-state index is -0.517. The van der Waals surface area contributed by atoms with Gasteiger partial charge in [-0.1, -0.05) is 17.7 Å². The van der Waals surface area contributed by atoms with Gasteiger partial charge in [-0.25, -0.2) is 4.39 Å². The molecular formula is C13H9BrClFN2O2. The quantitative estimate of drug-likeness (QED) is 0.632. The molecule has 0 fully saturated rings. The maximum atomic E-state index is 13.4. The summed E-state index contributed by atoms with van der Waals surface area (Å²) in [6, 6.07) is 9.02. The average molecular weight is 360 g/mol. The van der Waals surface area contributed by atoms with Gasteiger partial charge in [-0.2, -0.15) is 0 Å². The molecule has 0 aromatic heterocycles. The monoisotopic (exact) mass is 358 g/mol. The molecule has 20 heavy (non-hydrogen) atoms. The number of benzene rings is 2. The van der Waals surface area contributed by atoms with Crippen LogP contribution < -0.4 is 5.32 Å². The summed E-state index contributed by atoms with van der Waals surface area (Å²) in [6.07, 6.45) is 0. The molecule has 0 aliphatic heterocycles. The third kappa shape index (κ3) is 3.46. The number of nitrogens with zero attached hydrogens (tertiary/aromatic N) is 1. The maximum absolute atomic E-state index is 13.4. The van der Waals surface area contributed by atoms with E-state index in [0.29, 0.717) is 15.7 Å². The van der Waals surface area contributed by atoms with Crippen LogP contribution in [0.15, 0.2) is 40.9 Å². The molecule has 0 heterocycles. The molecule has 0 aliphatic carbocycles. The van der Waals surface area contributed by atoms with E-state index in [1.807, 2.05) is 0 Å². The topological polar surface area (TPSA) is 55.2 Å². The summed E-state index contributed by atoms with van der Waals surface area (Å²) in [7, 11) is 0. The lowest BCUT2D eigenvalue weighted by atomic mass is 10.2. The number of hydrogen-bond acceptors (Lipinski definition) is 3. The lowest BCUT2D eigenvalue weighted by Crippen LogP contribution is -2.03. The molecule has 0 bridgehead atoms. The first-order valence-corrected chi connectivity index (χ1v) is 6.76. The van der Waals surface area contributed by atoms with E-state index >= 15 is 0 Å². The zero-order valence-corrected chi connectivity index (χ0v) is 12.4. The van der Waals surface area contributed by atoms with E-state index in [1.165, 1.54) is 18.2 Å². The standard InChI is InChI=1S/C13H9BrClFN2O2/c14-10-3-1-8(5-11(10)16)7-17-12-4-2-9(15)6-13(12)18(19)20/h1-6,17H,7H2. The predicted octanol–water partition coefficient (Wildman–Crippen LogP) is 4.76. The molecular weight excluding hydrogens is 351 g/mol. The first-order chi connectivity index (χ1) is 9.47. The molecule has 0 atom stereocenters. The highest BCUT2D eigenvalue weighted by molar-refractivity contribution is 9.10. The first kappa shape index (κ1) is 14.7. The fraction of sp³-hybridized carbons (Fsp3) is 0.0769. The van der Waals surface area contributed by atoms with Crippen LogP contribution in [0.3, 0.4) is 0 Å². The molecule has 0 aliphatic rings. The summed E-state index contributed by atoms with van der Waals surface area (Å²) in [5, 5.41) is 14.1. The van der Waals surface area contributed by atoms with Gasteiger partial charge in [0.05, 0.1) is 9.40 Å². The lowest BCUT2D eigenvalue weighted by molar-refractivity contribution is -0.383. The number of nitro groups is 1. The average Bonchev–Trinajstić information content (AvgIpc) is 2.41. The molecule has 104 valence electrons. The summed E-state index contributed by atoms with van der Waals surface area (Å²) < 4.78 is 13.7. The molecule has 0 saturated heterocycles. The highest BCUT2D eigenvalue weighted by atomic mass is 79.9. The second-order valence-corrected chi connectivity index (χ2v) is 5.31. The van der Waals surface area contributed by atoms with E-state index < -0.39 is 4.92 Å². The van der Waals surface area contributed by atoms with E-state index in [4.69, 9.17) is 11.6 Å². The Labute approximate surface area is 127 Å². The molecule has 2 rings (SSSR count). The summed E-state index contributed by atoms with van der Waals surface area (Å²) in [6.45, 7) is 0.271. The van der Waals surface area contributed by atoms with Crippen LogP contribution in [0, 0.1) is 15.9 Å². The zero-order chi connectivity index (χ0) is 14.7. The van der Waals surface area contributed by atoms with Crippen LogP contribution in [0.5, 0.6) is 0 Å². The molecule has 0 saturated carbocycles. The molecule has 7 heteroatoms. The fourth-order valence-electron chi connectivity index (χ4n) is 1.65. The Morgan fingerprint density at radius 1 is 1.30 bits per heavy atom. The lowest BCUT2D eigenvalue weighted by Gasteiger charge is -2.08. The third-order valence-corrected chi connectivity index (χ3v) is 3.50. The van der Waals surface area contributed by atoms with Gasteiger partial charge in [-0.15, -0.1) is 0 Å². The normalized spacial score (nSPS) is 10.3. The Morgan fingerprint density at radius 2 is 2.05 bits per heavy atom.